The molecule has 1 aliphatic heterocycles. The summed E-state index contributed by atoms with van der Waals surface area (Å²) in [4.78, 5) is 10.1. The van der Waals surface area contributed by atoms with Crippen LogP contribution in [0, 0.1) is 0 Å². The van der Waals surface area contributed by atoms with Crippen LogP contribution in [0.25, 0.3) is 0 Å². The zero-order valence-corrected chi connectivity index (χ0v) is 6.25. The standard InChI is InChI=1S/C7H10O5/c8-4-3-12-5(7(4)11)1-2-6(9)10/h1-2,4-5,7-8,11H,3H2,(H,9,10)/t4-,5+,7+/m0/s1. The molecule has 1 heterocycles. The van der Waals surface area contributed by atoms with Gasteiger partial charge in [-0.15, -0.1) is 0 Å². The van der Waals surface area contributed by atoms with Gasteiger partial charge in [-0.25, -0.2) is 4.79 Å². The van der Waals surface area contributed by atoms with Crippen LogP contribution in [0.4, 0.5) is 0 Å². The van der Waals surface area contributed by atoms with Crippen LogP contribution in [0.1, 0.15) is 0 Å². The van der Waals surface area contributed by atoms with E-state index in [1.54, 1.807) is 0 Å². The zero-order chi connectivity index (χ0) is 9.14. The van der Waals surface area contributed by atoms with Gasteiger partial charge in [0.1, 0.15) is 18.3 Å². The van der Waals surface area contributed by atoms with Crippen LogP contribution < -0.4 is 0 Å². The van der Waals surface area contributed by atoms with Gasteiger partial charge in [0.15, 0.2) is 0 Å². The van der Waals surface area contributed by atoms with Crippen LogP contribution in [0.15, 0.2) is 12.2 Å². The maximum absolute atomic E-state index is 10.1. The fourth-order valence-electron chi connectivity index (χ4n) is 0.972. The number of carboxylic acid groups (broad SMARTS) is 1. The van der Waals surface area contributed by atoms with Gasteiger partial charge in [0.05, 0.1) is 6.61 Å². The lowest BCUT2D eigenvalue weighted by Crippen LogP contribution is -2.28. The summed E-state index contributed by atoms with van der Waals surface area (Å²) in [6, 6.07) is 0. The molecule has 1 aliphatic rings. The second-order valence-corrected chi connectivity index (χ2v) is 2.55. The minimum atomic E-state index is -1.10. The molecule has 5 nitrogen and oxygen atoms in total. The average molecular weight is 174 g/mol. The van der Waals surface area contributed by atoms with Gasteiger partial charge in [0.2, 0.25) is 0 Å². The first-order chi connectivity index (χ1) is 5.61. The lowest BCUT2D eigenvalue weighted by molar-refractivity contribution is -0.131. The normalized spacial score (nSPS) is 36.0. The van der Waals surface area contributed by atoms with E-state index in [1.807, 2.05) is 0 Å². The van der Waals surface area contributed by atoms with Crippen LogP contribution in [0.5, 0.6) is 0 Å². The van der Waals surface area contributed by atoms with E-state index in [-0.39, 0.29) is 6.61 Å². The predicted octanol–water partition coefficient (Wildman–Crippen LogP) is -1.25. The van der Waals surface area contributed by atoms with Crippen molar-refractivity contribution in [1.82, 2.24) is 0 Å². The van der Waals surface area contributed by atoms with Gasteiger partial charge in [0.25, 0.3) is 0 Å². The zero-order valence-electron chi connectivity index (χ0n) is 6.25. The molecule has 0 unspecified atom stereocenters. The smallest absolute Gasteiger partial charge is 0.328 e. The van der Waals surface area contributed by atoms with Crippen LogP contribution >= 0.6 is 0 Å². The average Bonchev–Trinajstić information content (AvgIpc) is 2.30. The van der Waals surface area contributed by atoms with Gasteiger partial charge in [0, 0.05) is 6.08 Å². The molecule has 0 aromatic heterocycles. The second-order valence-electron chi connectivity index (χ2n) is 2.55. The molecule has 0 aromatic carbocycles. The molecule has 0 saturated carbocycles. The molecule has 0 bridgehead atoms. The van der Waals surface area contributed by atoms with E-state index in [0.29, 0.717) is 0 Å². The molecule has 3 N–H and O–H groups in total. The van der Waals surface area contributed by atoms with E-state index >= 15 is 0 Å². The minimum Gasteiger partial charge on any atom is -0.478 e. The van der Waals surface area contributed by atoms with Crippen LogP contribution in [0.2, 0.25) is 0 Å². The minimum absolute atomic E-state index is 0.0375. The van der Waals surface area contributed by atoms with Gasteiger partial charge in [-0.3, -0.25) is 0 Å². The van der Waals surface area contributed by atoms with E-state index in [2.05, 4.69) is 0 Å². The predicted molar refractivity (Wildman–Crippen MR) is 38.5 cm³/mol. The first kappa shape index (κ1) is 9.18. The Labute approximate surface area is 68.9 Å². The van der Waals surface area contributed by atoms with Crippen molar-refractivity contribution in [3.63, 3.8) is 0 Å². The molecular weight excluding hydrogens is 164 g/mol. The van der Waals surface area contributed by atoms with Gasteiger partial charge in [-0.1, -0.05) is 0 Å². The molecular formula is C7H10O5. The number of aliphatic hydroxyl groups excluding tert-OH is 2. The van der Waals surface area contributed by atoms with E-state index in [9.17, 15) is 4.79 Å². The summed E-state index contributed by atoms with van der Waals surface area (Å²) in [5, 5.41) is 26.4. The highest BCUT2D eigenvalue weighted by atomic mass is 16.5. The SMILES string of the molecule is O=C(O)C=C[C@H]1OC[C@H](O)[C@H]1O. The number of hydrogen-bond acceptors (Lipinski definition) is 4. The molecule has 1 saturated heterocycles. The van der Waals surface area contributed by atoms with E-state index < -0.39 is 24.3 Å². The van der Waals surface area contributed by atoms with Crippen molar-refractivity contribution in [3.8, 4) is 0 Å². The monoisotopic (exact) mass is 174 g/mol. The summed E-state index contributed by atoms with van der Waals surface area (Å²) in [7, 11) is 0. The van der Waals surface area contributed by atoms with E-state index in [1.165, 1.54) is 6.08 Å². The highest BCUT2D eigenvalue weighted by Crippen LogP contribution is 2.14. The van der Waals surface area contributed by atoms with Crippen LogP contribution in [0.3, 0.4) is 0 Å². The number of carboxylic acids is 1. The molecule has 1 fully saturated rings. The third-order valence-corrected chi connectivity index (χ3v) is 1.62. The molecule has 0 amide bonds. The van der Waals surface area contributed by atoms with Gasteiger partial charge >= 0.3 is 5.97 Å². The summed E-state index contributed by atoms with van der Waals surface area (Å²) in [5.41, 5.74) is 0. The molecule has 0 spiro atoms. The molecule has 0 radical (unpaired) electrons. The summed E-state index contributed by atoms with van der Waals surface area (Å²) in [5.74, 6) is -1.10. The van der Waals surface area contributed by atoms with Crippen molar-refractivity contribution in [1.29, 1.82) is 0 Å². The molecule has 5 heteroatoms. The van der Waals surface area contributed by atoms with Crippen LogP contribution in [-0.4, -0.2) is 46.2 Å². The van der Waals surface area contributed by atoms with Crippen molar-refractivity contribution in [3.05, 3.63) is 12.2 Å². The summed E-state index contributed by atoms with van der Waals surface area (Å²) >= 11 is 0. The highest BCUT2D eigenvalue weighted by Gasteiger charge is 2.32. The number of aliphatic carboxylic acids is 1. The molecule has 12 heavy (non-hydrogen) atoms. The van der Waals surface area contributed by atoms with Crippen LogP contribution in [-0.2, 0) is 9.53 Å². The van der Waals surface area contributed by atoms with Crippen molar-refractivity contribution in [2.75, 3.05) is 6.61 Å². The molecule has 1 rings (SSSR count). The lowest BCUT2D eigenvalue weighted by atomic mass is 10.1. The third kappa shape index (κ3) is 2.04. The fraction of sp³-hybridized carbons (Fsp3) is 0.571. The highest BCUT2D eigenvalue weighted by molar-refractivity contribution is 5.79. The number of ether oxygens (including phenoxy) is 1. The molecule has 0 aliphatic carbocycles. The number of carbonyl (C=O) groups is 1. The number of aliphatic hydroxyl groups is 2. The van der Waals surface area contributed by atoms with Crippen molar-refractivity contribution >= 4 is 5.97 Å². The summed E-state index contributed by atoms with van der Waals surface area (Å²) < 4.78 is 4.88. The Balaban J connectivity index is 2.49. The Morgan fingerprint density at radius 2 is 2.17 bits per heavy atom. The summed E-state index contributed by atoms with van der Waals surface area (Å²) in [6.07, 6.45) is -0.569. The van der Waals surface area contributed by atoms with E-state index in [4.69, 9.17) is 20.1 Å². The van der Waals surface area contributed by atoms with E-state index in [0.717, 1.165) is 6.08 Å². The maximum Gasteiger partial charge on any atom is 0.328 e. The topological polar surface area (TPSA) is 87.0 Å². The first-order valence-electron chi connectivity index (χ1n) is 3.50. The Morgan fingerprint density at radius 1 is 1.50 bits per heavy atom. The maximum atomic E-state index is 10.1. The van der Waals surface area contributed by atoms with Crippen molar-refractivity contribution in [2.24, 2.45) is 0 Å². The van der Waals surface area contributed by atoms with Crippen molar-refractivity contribution < 1.29 is 24.9 Å². The Kier molecular flexibility index (Phi) is 2.80. The first-order valence-corrected chi connectivity index (χ1v) is 3.50. The number of hydrogen-bond donors (Lipinski definition) is 3. The second kappa shape index (κ2) is 3.66. The van der Waals surface area contributed by atoms with Gasteiger partial charge < -0.3 is 20.1 Å². The molecule has 0 aromatic rings. The number of rotatable bonds is 2. The fourth-order valence-corrected chi connectivity index (χ4v) is 0.972. The Morgan fingerprint density at radius 3 is 2.58 bits per heavy atom. The lowest BCUT2D eigenvalue weighted by Gasteiger charge is -2.09. The van der Waals surface area contributed by atoms with Crippen molar-refractivity contribution in [2.45, 2.75) is 18.3 Å². The molecule has 3 atom stereocenters. The quantitative estimate of drug-likeness (QED) is 0.455. The van der Waals surface area contributed by atoms with Gasteiger partial charge in [-0.2, -0.15) is 0 Å². The largest absolute Gasteiger partial charge is 0.478 e. The third-order valence-electron chi connectivity index (χ3n) is 1.62. The van der Waals surface area contributed by atoms with Gasteiger partial charge in [-0.05, 0) is 6.08 Å². The molecule has 68 valence electrons. The Hall–Kier alpha value is -0.910. The summed E-state index contributed by atoms with van der Waals surface area (Å²) in [6.45, 7) is 0.0375. The Bertz CT molecular complexity index is 200.